The van der Waals surface area contributed by atoms with Crippen LogP contribution in [0.5, 0.6) is 0 Å². The van der Waals surface area contributed by atoms with Gasteiger partial charge in [-0.05, 0) is 30.9 Å². The number of carbonyl (C=O) groups is 1. The summed E-state index contributed by atoms with van der Waals surface area (Å²) in [4.78, 5) is 13.3. The lowest BCUT2D eigenvalue weighted by atomic mass is 10.1. The minimum absolute atomic E-state index is 0.0864. The molecule has 4 heteroatoms. The summed E-state index contributed by atoms with van der Waals surface area (Å²) in [6.45, 7) is 0. The average molecular weight is 236 g/mol. The van der Waals surface area contributed by atoms with Crippen molar-refractivity contribution in [1.29, 1.82) is 0 Å². The van der Waals surface area contributed by atoms with Gasteiger partial charge in [-0.1, -0.05) is 12.1 Å². The summed E-state index contributed by atoms with van der Waals surface area (Å²) in [5, 5.41) is 0. The summed E-state index contributed by atoms with van der Waals surface area (Å²) in [7, 11) is 1.58. The molecule has 0 radical (unpaired) electrons. The molecule has 0 aromatic heterocycles. The Balaban J connectivity index is 2.01. The van der Waals surface area contributed by atoms with Gasteiger partial charge < -0.3 is 10.6 Å². The van der Waals surface area contributed by atoms with Crippen molar-refractivity contribution >= 4 is 11.6 Å². The fraction of sp³-hybridized carbons (Fsp3) is 0.462. The van der Waals surface area contributed by atoms with Crippen LogP contribution in [0, 0.1) is 11.7 Å². The maximum atomic E-state index is 13.5. The standard InChI is InChI=1S/C13H17FN2O/c1-16(12-5-3-2-4-10(12)14)13(17)8-11(15)9-6-7-9/h2-5,9,11H,6-8,15H2,1H3. The average Bonchev–Trinajstić information content (AvgIpc) is 3.12. The molecule has 1 unspecified atom stereocenters. The second kappa shape index (κ2) is 4.84. The molecule has 1 aliphatic carbocycles. The summed E-state index contributed by atoms with van der Waals surface area (Å²) < 4.78 is 13.5. The van der Waals surface area contributed by atoms with Gasteiger partial charge in [-0.3, -0.25) is 4.79 Å². The third kappa shape index (κ3) is 2.82. The van der Waals surface area contributed by atoms with E-state index >= 15 is 0 Å². The normalized spacial score (nSPS) is 16.6. The SMILES string of the molecule is CN(C(=O)CC(N)C1CC1)c1ccccc1F. The third-order valence-corrected chi connectivity index (χ3v) is 3.23. The number of halogens is 1. The van der Waals surface area contributed by atoms with Gasteiger partial charge in [0.25, 0.3) is 0 Å². The Morgan fingerprint density at radius 1 is 1.53 bits per heavy atom. The van der Waals surface area contributed by atoms with Gasteiger partial charge in [0.2, 0.25) is 5.91 Å². The van der Waals surface area contributed by atoms with E-state index in [0.717, 1.165) is 12.8 Å². The van der Waals surface area contributed by atoms with Crippen molar-refractivity contribution < 1.29 is 9.18 Å². The highest BCUT2D eigenvalue weighted by atomic mass is 19.1. The minimum atomic E-state index is -0.386. The molecule has 2 N–H and O–H groups in total. The second-order valence-corrected chi connectivity index (χ2v) is 4.61. The van der Waals surface area contributed by atoms with Gasteiger partial charge in [-0.25, -0.2) is 4.39 Å². The van der Waals surface area contributed by atoms with E-state index in [-0.39, 0.29) is 24.2 Å². The van der Waals surface area contributed by atoms with E-state index in [4.69, 9.17) is 5.73 Å². The van der Waals surface area contributed by atoms with Crippen LogP contribution >= 0.6 is 0 Å². The van der Waals surface area contributed by atoms with Gasteiger partial charge in [0.05, 0.1) is 5.69 Å². The number of anilines is 1. The van der Waals surface area contributed by atoms with Crippen molar-refractivity contribution in [2.45, 2.75) is 25.3 Å². The first-order valence-corrected chi connectivity index (χ1v) is 5.86. The molecule has 1 atom stereocenters. The number of para-hydroxylation sites is 1. The summed E-state index contributed by atoms with van der Waals surface area (Å²) in [6, 6.07) is 6.17. The van der Waals surface area contributed by atoms with Gasteiger partial charge >= 0.3 is 0 Å². The molecule has 0 spiro atoms. The summed E-state index contributed by atoms with van der Waals surface area (Å²) in [5.74, 6) is -0.0363. The Morgan fingerprint density at radius 2 is 2.18 bits per heavy atom. The van der Waals surface area contributed by atoms with Crippen LogP contribution in [0.1, 0.15) is 19.3 Å². The van der Waals surface area contributed by atoms with E-state index in [9.17, 15) is 9.18 Å². The maximum absolute atomic E-state index is 13.5. The molecule has 1 fully saturated rings. The molecule has 1 aromatic rings. The molecule has 0 aliphatic heterocycles. The van der Waals surface area contributed by atoms with E-state index in [1.807, 2.05) is 0 Å². The van der Waals surface area contributed by atoms with Crippen LogP contribution in [0.2, 0.25) is 0 Å². The van der Waals surface area contributed by atoms with Crippen molar-refractivity contribution in [2.24, 2.45) is 11.7 Å². The molecule has 3 nitrogen and oxygen atoms in total. The molecular formula is C13H17FN2O. The zero-order valence-electron chi connectivity index (χ0n) is 9.90. The quantitative estimate of drug-likeness (QED) is 0.868. The van der Waals surface area contributed by atoms with Gasteiger partial charge in [0, 0.05) is 19.5 Å². The topological polar surface area (TPSA) is 46.3 Å². The maximum Gasteiger partial charge on any atom is 0.228 e. The monoisotopic (exact) mass is 236 g/mol. The van der Waals surface area contributed by atoms with Crippen LogP contribution in [0.4, 0.5) is 10.1 Å². The zero-order chi connectivity index (χ0) is 12.4. The Morgan fingerprint density at radius 3 is 2.76 bits per heavy atom. The zero-order valence-corrected chi connectivity index (χ0v) is 9.90. The van der Waals surface area contributed by atoms with Gasteiger partial charge in [-0.2, -0.15) is 0 Å². The number of hydrogen-bond acceptors (Lipinski definition) is 2. The Bertz CT molecular complexity index is 418. The molecule has 1 aromatic carbocycles. The first-order chi connectivity index (χ1) is 8.09. The Hall–Kier alpha value is -1.42. The molecule has 2 rings (SSSR count). The van der Waals surface area contributed by atoms with Crippen molar-refractivity contribution in [1.82, 2.24) is 0 Å². The molecule has 17 heavy (non-hydrogen) atoms. The summed E-state index contributed by atoms with van der Waals surface area (Å²) >= 11 is 0. The number of amides is 1. The van der Waals surface area contributed by atoms with Crippen LogP contribution in [0.25, 0.3) is 0 Å². The molecule has 1 saturated carbocycles. The fourth-order valence-corrected chi connectivity index (χ4v) is 1.89. The molecular weight excluding hydrogens is 219 g/mol. The number of benzene rings is 1. The van der Waals surface area contributed by atoms with Crippen LogP contribution in [0.15, 0.2) is 24.3 Å². The molecule has 92 valence electrons. The third-order valence-electron chi connectivity index (χ3n) is 3.23. The lowest BCUT2D eigenvalue weighted by molar-refractivity contribution is -0.118. The fourth-order valence-electron chi connectivity index (χ4n) is 1.89. The predicted octanol–water partition coefficient (Wildman–Crippen LogP) is 1.92. The van der Waals surface area contributed by atoms with Gasteiger partial charge in [-0.15, -0.1) is 0 Å². The first kappa shape index (κ1) is 12.0. The van der Waals surface area contributed by atoms with E-state index in [1.54, 1.807) is 25.2 Å². The van der Waals surface area contributed by atoms with Crippen LogP contribution in [-0.2, 0) is 4.79 Å². The minimum Gasteiger partial charge on any atom is -0.327 e. The lowest BCUT2D eigenvalue weighted by Gasteiger charge is -2.20. The molecule has 0 heterocycles. The smallest absolute Gasteiger partial charge is 0.228 e. The Kier molecular flexibility index (Phi) is 3.43. The highest BCUT2D eigenvalue weighted by molar-refractivity contribution is 5.93. The lowest BCUT2D eigenvalue weighted by Crippen LogP contribution is -2.34. The van der Waals surface area contributed by atoms with E-state index in [2.05, 4.69) is 0 Å². The van der Waals surface area contributed by atoms with Crippen LogP contribution in [0.3, 0.4) is 0 Å². The van der Waals surface area contributed by atoms with Crippen molar-refractivity contribution in [3.05, 3.63) is 30.1 Å². The number of nitrogens with zero attached hydrogens (tertiary/aromatic N) is 1. The number of carbonyl (C=O) groups excluding carboxylic acids is 1. The molecule has 0 bridgehead atoms. The number of hydrogen-bond donors (Lipinski definition) is 1. The molecule has 1 aliphatic rings. The predicted molar refractivity (Wildman–Crippen MR) is 65.1 cm³/mol. The largest absolute Gasteiger partial charge is 0.327 e. The van der Waals surface area contributed by atoms with Crippen LogP contribution in [-0.4, -0.2) is 19.0 Å². The van der Waals surface area contributed by atoms with Gasteiger partial charge in [0.15, 0.2) is 0 Å². The van der Waals surface area contributed by atoms with Crippen molar-refractivity contribution in [2.75, 3.05) is 11.9 Å². The van der Waals surface area contributed by atoms with Crippen molar-refractivity contribution in [3.8, 4) is 0 Å². The molecule has 1 amide bonds. The number of nitrogens with two attached hydrogens (primary N) is 1. The van der Waals surface area contributed by atoms with E-state index < -0.39 is 0 Å². The van der Waals surface area contributed by atoms with Crippen molar-refractivity contribution in [3.63, 3.8) is 0 Å². The molecule has 0 saturated heterocycles. The van der Waals surface area contributed by atoms with Gasteiger partial charge in [0.1, 0.15) is 5.82 Å². The second-order valence-electron chi connectivity index (χ2n) is 4.61. The highest BCUT2D eigenvalue weighted by Crippen LogP contribution is 2.33. The summed E-state index contributed by atoms with van der Waals surface area (Å²) in [5.41, 5.74) is 6.20. The first-order valence-electron chi connectivity index (χ1n) is 5.86. The highest BCUT2D eigenvalue weighted by Gasteiger charge is 2.30. The van der Waals surface area contributed by atoms with E-state index in [1.165, 1.54) is 11.0 Å². The van der Waals surface area contributed by atoms with Crippen LogP contribution < -0.4 is 10.6 Å². The number of rotatable bonds is 4. The Labute approximate surface area is 100 Å². The summed E-state index contributed by atoms with van der Waals surface area (Å²) in [6.07, 6.45) is 2.51. The van der Waals surface area contributed by atoms with E-state index in [0.29, 0.717) is 11.6 Å².